The molecule has 0 atom stereocenters. The average Bonchev–Trinajstić information content (AvgIpc) is 3.03. The summed E-state index contributed by atoms with van der Waals surface area (Å²) in [6.07, 6.45) is 0. The molecule has 6 heteroatoms. The molecule has 0 unspecified atom stereocenters. The number of benzene rings is 2. The van der Waals surface area contributed by atoms with Gasteiger partial charge in [0.1, 0.15) is 5.75 Å². The highest BCUT2D eigenvalue weighted by atomic mass is 16.3. The van der Waals surface area contributed by atoms with Gasteiger partial charge in [0.15, 0.2) is 0 Å². The van der Waals surface area contributed by atoms with E-state index in [0.717, 1.165) is 35.9 Å². The van der Waals surface area contributed by atoms with Crippen LogP contribution in [0.15, 0.2) is 54.6 Å². The third-order valence-corrected chi connectivity index (χ3v) is 5.29. The summed E-state index contributed by atoms with van der Waals surface area (Å²) < 4.78 is 1.84. The maximum atomic E-state index is 13.2. The molecule has 144 valence electrons. The van der Waals surface area contributed by atoms with Gasteiger partial charge in [-0.15, -0.1) is 0 Å². The number of carbonyl (C=O) groups excluding carboxylic acids is 1. The SMILES string of the molecule is Cc1nn(-c2ccccc2)c(C)c1C(=O)N1CCN(c2ccc(O)cc2)CC1. The number of aryl methyl sites for hydroxylation is 1. The van der Waals surface area contributed by atoms with Crippen LogP contribution in [0.25, 0.3) is 5.69 Å². The normalized spacial score (nSPS) is 14.4. The number of nitrogens with zero attached hydrogens (tertiary/aromatic N) is 4. The van der Waals surface area contributed by atoms with Crippen LogP contribution in [0, 0.1) is 13.8 Å². The van der Waals surface area contributed by atoms with Crippen LogP contribution >= 0.6 is 0 Å². The zero-order valence-corrected chi connectivity index (χ0v) is 16.2. The summed E-state index contributed by atoms with van der Waals surface area (Å²) in [5.41, 5.74) is 4.34. The topological polar surface area (TPSA) is 61.6 Å². The van der Waals surface area contributed by atoms with Gasteiger partial charge in [-0.05, 0) is 50.2 Å². The van der Waals surface area contributed by atoms with Crippen molar-refractivity contribution in [3.8, 4) is 11.4 Å². The fourth-order valence-corrected chi connectivity index (χ4v) is 3.76. The third kappa shape index (κ3) is 3.33. The van der Waals surface area contributed by atoms with Gasteiger partial charge in [-0.1, -0.05) is 18.2 Å². The molecule has 1 aromatic heterocycles. The van der Waals surface area contributed by atoms with E-state index in [0.29, 0.717) is 18.7 Å². The van der Waals surface area contributed by atoms with Gasteiger partial charge in [-0.2, -0.15) is 5.10 Å². The van der Waals surface area contributed by atoms with Crippen molar-refractivity contribution in [1.82, 2.24) is 14.7 Å². The Kier molecular flexibility index (Phi) is 4.77. The molecule has 0 radical (unpaired) electrons. The van der Waals surface area contributed by atoms with E-state index < -0.39 is 0 Å². The lowest BCUT2D eigenvalue weighted by atomic mass is 10.1. The van der Waals surface area contributed by atoms with Gasteiger partial charge in [0.25, 0.3) is 5.91 Å². The number of aromatic hydroxyl groups is 1. The predicted octanol–water partition coefficient (Wildman–Crippen LogP) is 3.16. The van der Waals surface area contributed by atoms with E-state index in [1.54, 1.807) is 12.1 Å². The summed E-state index contributed by atoms with van der Waals surface area (Å²) in [5, 5.41) is 14.1. The number of aromatic nitrogens is 2. The minimum absolute atomic E-state index is 0.0440. The lowest BCUT2D eigenvalue weighted by molar-refractivity contribution is 0.0745. The number of carbonyl (C=O) groups is 1. The van der Waals surface area contributed by atoms with Gasteiger partial charge >= 0.3 is 0 Å². The van der Waals surface area contributed by atoms with Crippen LogP contribution in [-0.4, -0.2) is 51.9 Å². The summed E-state index contributed by atoms with van der Waals surface area (Å²) in [7, 11) is 0. The molecule has 6 nitrogen and oxygen atoms in total. The minimum Gasteiger partial charge on any atom is -0.508 e. The summed E-state index contributed by atoms with van der Waals surface area (Å²) in [6.45, 7) is 6.70. The highest BCUT2D eigenvalue weighted by Gasteiger charge is 2.27. The van der Waals surface area contributed by atoms with Gasteiger partial charge in [-0.3, -0.25) is 4.79 Å². The monoisotopic (exact) mass is 376 g/mol. The van der Waals surface area contributed by atoms with E-state index in [-0.39, 0.29) is 11.7 Å². The van der Waals surface area contributed by atoms with Crippen LogP contribution in [0.2, 0.25) is 0 Å². The van der Waals surface area contributed by atoms with Crippen molar-refractivity contribution >= 4 is 11.6 Å². The molecule has 1 saturated heterocycles. The predicted molar refractivity (Wildman–Crippen MR) is 109 cm³/mol. The smallest absolute Gasteiger partial charge is 0.257 e. The van der Waals surface area contributed by atoms with E-state index in [2.05, 4.69) is 10.00 Å². The second kappa shape index (κ2) is 7.38. The summed E-state index contributed by atoms with van der Waals surface area (Å²) >= 11 is 0. The first-order valence-corrected chi connectivity index (χ1v) is 9.49. The average molecular weight is 376 g/mol. The lowest BCUT2D eigenvalue weighted by Gasteiger charge is -2.36. The second-order valence-electron chi connectivity index (χ2n) is 7.09. The second-order valence-corrected chi connectivity index (χ2v) is 7.09. The van der Waals surface area contributed by atoms with Gasteiger partial charge in [0.2, 0.25) is 0 Å². The molecule has 3 aromatic rings. The molecule has 1 amide bonds. The Bertz CT molecular complexity index is 972. The molecule has 1 fully saturated rings. The first-order valence-electron chi connectivity index (χ1n) is 9.49. The molecule has 28 heavy (non-hydrogen) atoms. The zero-order chi connectivity index (χ0) is 19.7. The number of anilines is 1. The van der Waals surface area contributed by atoms with E-state index in [1.165, 1.54) is 0 Å². The number of amides is 1. The van der Waals surface area contributed by atoms with Crippen molar-refractivity contribution in [1.29, 1.82) is 0 Å². The third-order valence-electron chi connectivity index (χ3n) is 5.29. The standard InChI is InChI=1S/C22H24N4O2/c1-16-21(17(2)26(23-16)19-6-4-3-5-7-19)22(28)25-14-12-24(13-15-25)18-8-10-20(27)11-9-18/h3-11,27H,12-15H2,1-2H3. The molecule has 4 rings (SSSR count). The van der Waals surface area contributed by atoms with Gasteiger partial charge < -0.3 is 14.9 Å². The molecule has 2 heterocycles. The van der Waals surface area contributed by atoms with Crippen LogP contribution < -0.4 is 4.90 Å². The molecular formula is C22H24N4O2. The largest absolute Gasteiger partial charge is 0.508 e. The van der Waals surface area contributed by atoms with Crippen molar-refractivity contribution < 1.29 is 9.90 Å². The maximum Gasteiger partial charge on any atom is 0.257 e. The first-order chi connectivity index (χ1) is 13.5. The molecule has 2 aromatic carbocycles. The van der Waals surface area contributed by atoms with Crippen molar-refractivity contribution in [3.05, 3.63) is 71.5 Å². The quantitative estimate of drug-likeness (QED) is 0.763. The number of hydrogen-bond donors (Lipinski definition) is 1. The minimum atomic E-state index is 0.0440. The number of piperazine rings is 1. The van der Waals surface area contributed by atoms with Crippen LogP contribution in [-0.2, 0) is 0 Å². The number of rotatable bonds is 3. The van der Waals surface area contributed by atoms with Crippen LogP contribution in [0.3, 0.4) is 0 Å². The Morgan fingerprint density at radius 3 is 2.18 bits per heavy atom. The molecule has 1 N–H and O–H groups in total. The number of hydrogen-bond acceptors (Lipinski definition) is 4. The number of phenols is 1. The molecular weight excluding hydrogens is 352 g/mol. The highest BCUT2D eigenvalue weighted by Crippen LogP contribution is 2.23. The molecule has 0 aliphatic carbocycles. The van der Waals surface area contributed by atoms with Crippen molar-refractivity contribution in [3.63, 3.8) is 0 Å². The Morgan fingerprint density at radius 2 is 1.54 bits per heavy atom. The molecule has 1 aliphatic heterocycles. The summed E-state index contributed by atoms with van der Waals surface area (Å²) in [5.74, 6) is 0.307. The van der Waals surface area contributed by atoms with E-state index in [4.69, 9.17) is 0 Å². The highest BCUT2D eigenvalue weighted by molar-refractivity contribution is 5.96. The van der Waals surface area contributed by atoms with Gasteiger partial charge in [-0.25, -0.2) is 4.68 Å². The Balaban J connectivity index is 1.50. The molecule has 0 spiro atoms. The maximum absolute atomic E-state index is 13.2. The summed E-state index contributed by atoms with van der Waals surface area (Å²) in [6, 6.07) is 17.1. The molecule has 0 bridgehead atoms. The van der Waals surface area contributed by atoms with E-state index >= 15 is 0 Å². The molecule has 1 aliphatic rings. The Hall–Kier alpha value is -3.28. The lowest BCUT2D eigenvalue weighted by Crippen LogP contribution is -2.49. The van der Waals surface area contributed by atoms with Crippen LogP contribution in [0.5, 0.6) is 5.75 Å². The van der Waals surface area contributed by atoms with Crippen molar-refractivity contribution in [2.24, 2.45) is 0 Å². The van der Waals surface area contributed by atoms with Crippen molar-refractivity contribution in [2.45, 2.75) is 13.8 Å². The first kappa shape index (κ1) is 18.1. The fraction of sp³-hybridized carbons (Fsp3) is 0.273. The zero-order valence-electron chi connectivity index (χ0n) is 16.2. The number of para-hydroxylation sites is 1. The Labute approximate surface area is 164 Å². The summed E-state index contributed by atoms with van der Waals surface area (Å²) in [4.78, 5) is 17.3. The van der Waals surface area contributed by atoms with E-state index in [9.17, 15) is 9.90 Å². The van der Waals surface area contributed by atoms with Gasteiger partial charge in [0.05, 0.1) is 22.6 Å². The van der Waals surface area contributed by atoms with Crippen LogP contribution in [0.1, 0.15) is 21.7 Å². The Morgan fingerprint density at radius 1 is 0.893 bits per heavy atom. The molecule has 0 saturated carbocycles. The fourth-order valence-electron chi connectivity index (χ4n) is 3.76. The van der Waals surface area contributed by atoms with Crippen LogP contribution in [0.4, 0.5) is 5.69 Å². The number of phenolic OH excluding ortho intramolecular Hbond substituents is 1. The van der Waals surface area contributed by atoms with Crippen molar-refractivity contribution in [2.75, 3.05) is 31.1 Å². The van der Waals surface area contributed by atoms with Gasteiger partial charge in [0, 0.05) is 31.9 Å². The van der Waals surface area contributed by atoms with E-state index in [1.807, 2.05) is 65.9 Å².